The number of benzene rings is 2. The zero-order valence-corrected chi connectivity index (χ0v) is 14.6. The van der Waals surface area contributed by atoms with Crippen LogP contribution in [0.5, 0.6) is 11.5 Å². The number of hydrogen-bond acceptors (Lipinski definition) is 6. The predicted molar refractivity (Wildman–Crippen MR) is 100 cm³/mol. The first-order valence-electron chi connectivity index (χ1n) is 8.71. The molecule has 2 aromatic carbocycles. The average molecular weight is 378 g/mol. The fraction of sp³-hybridized carbons (Fsp3) is 0.143. The molecule has 7 nitrogen and oxygen atoms in total. The van der Waals surface area contributed by atoms with E-state index in [4.69, 9.17) is 18.3 Å². The van der Waals surface area contributed by atoms with Gasteiger partial charge >= 0.3 is 11.6 Å². The molecule has 3 heterocycles. The number of ether oxygens (including phenoxy) is 2. The van der Waals surface area contributed by atoms with Crippen LogP contribution in [-0.2, 0) is 11.2 Å². The number of hydrogen-bond donors (Lipinski definition) is 1. The Labute approximate surface area is 157 Å². The number of para-hydroxylation sites is 1. The number of carboxylic acid groups (broad SMARTS) is 1. The molecule has 0 radical (unpaired) electrons. The van der Waals surface area contributed by atoms with Crippen molar-refractivity contribution in [3.63, 3.8) is 0 Å². The number of furan rings is 1. The number of fused-ring (bicyclic) bond motifs is 4. The molecule has 0 amide bonds. The van der Waals surface area contributed by atoms with Crippen LogP contribution in [0.2, 0.25) is 0 Å². The van der Waals surface area contributed by atoms with Gasteiger partial charge in [0.1, 0.15) is 29.9 Å². The zero-order chi connectivity index (χ0) is 19.3. The van der Waals surface area contributed by atoms with Gasteiger partial charge in [0.05, 0.1) is 11.8 Å². The number of carbonyl (C=O) groups is 1. The minimum absolute atomic E-state index is 0.144. The monoisotopic (exact) mass is 378 g/mol. The summed E-state index contributed by atoms with van der Waals surface area (Å²) in [5.41, 5.74) is 0.939. The highest BCUT2D eigenvalue weighted by Gasteiger charge is 2.25. The fourth-order valence-electron chi connectivity index (χ4n) is 3.50. The third-order valence-electron chi connectivity index (χ3n) is 4.68. The molecule has 0 saturated heterocycles. The van der Waals surface area contributed by atoms with Crippen LogP contribution in [-0.4, -0.2) is 24.3 Å². The average Bonchev–Trinajstić information content (AvgIpc) is 3.07. The highest BCUT2D eigenvalue weighted by atomic mass is 16.6. The fourth-order valence-corrected chi connectivity index (χ4v) is 3.50. The third-order valence-corrected chi connectivity index (χ3v) is 4.68. The molecule has 2 aromatic heterocycles. The molecule has 4 aromatic rings. The lowest BCUT2D eigenvalue weighted by molar-refractivity contribution is -0.136. The summed E-state index contributed by atoms with van der Waals surface area (Å²) in [4.78, 5) is 24.1. The van der Waals surface area contributed by atoms with Gasteiger partial charge in [0.15, 0.2) is 17.1 Å². The second-order valence-electron chi connectivity index (χ2n) is 6.43. The van der Waals surface area contributed by atoms with E-state index in [1.165, 1.54) is 0 Å². The Bertz CT molecular complexity index is 1300. The van der Waals surface area contributed by atoms with Crippen LogP contribution in [0.1, 0.15) is 5.56 Å². The quantitative estimate of drug-likeness (QED) is 0.544. The first-order chi connectivity index (χ1) is 13.6. The Kier molecular flexibility index (Phi) is 3.61. The minimum atomic E-state index is -1.07. The molecule has 7 heteroatoms. The summed E-state index contributed by atoms with van der Waals surface area (Å²) < 4.78 is 22.6. The summed E-state index contributed by atoms with van der Waals surface area (Å²) in [6, 6.07) is 12.2. The van der Waals surface area contributed by atoms with Gasteiger partial charge in [-0.1, -0.05) is 12.1 Å². The summed E-state index contributed by atoms with van der Waals surface area (Å²) in [7, 11) is 0. The van der Waals surface area contributed by atoms with E-state index in [2.05, 4.69) is 0 Å². The SMILES string of the molecule is O=C(O)Cc1c(-c2ccc3c(c2)OCCO3)oc2c1c(=O)oc1ccccc12. The maximum Gasteiger partial charge on any atom is 0.347 e. The smallest absolute Gasteiger partial charge is 0.347 e. The zero-order valence-electron chi connectivity index (χ0n) is 14.6. The van der Waals surface area contributed by atoms with Gasteiger partial charge in [0.25, 0.3) is 0 Å². The van der Waals surface area contributed by atoms with Crippen molar-refractivity contribution in [1.29, 1.82) is 0 Å². The van der Waals surface area contributed by atoms with Crippen LogP contribution >= 0.6 is 0 Å². The van der Waals surface area contributed by atoms with Crippen LogP contribution in [0.15, 0.2) is 56.1 Å². The summed E-state index contributed by atoms with van der Waals surface area (Å²) in [5, 5.41) is 10.1. The molecule has 1 N–H and O–H groups in total. The Morgan fingerprint density at radius 2 is 1.79 bits per heavy atom. The topological polar surface area (TPSA) is 99.1 Å². The highest BCUT2D eigenvalue weighted by molar-refractivity contribution is 6.04. The Hall–Kier alpha value is -3.74. The van der Waals surface area contributed by atoms with Crippen molar-refractivity contribution in [1.82, 2.24) is 0 Å². The van der Waals surface area contributed by atoms with Crippen LogP contribution < -0.4 is 15.1 Å². The van der Waals surface area contributed by atoms with E-state index in [1.807, 2.05) is 0 Å². The van der Waals surface area contributed by atoms with Crippen molar-refractivity contribution in [2.45, 2.75) is 6.42 Å². The van der Waals surface area contributed by atoms with Crippen LogP contribution in [0.3, 0.4) is 0 Å². The lowest BCUT2D eigenvalue weighted by atomic mass is 10.0. The second kappa shape index (κ2) is 6.16. The maximum atomic E-state index is 12.6. The molecular weight excluding hydrogens is 364 g/mol. The minimum Gasteiger partial charge on any atom is -0.486 e. The van der Waals surface area contributed by atoms with E-state index in [0.29, 0.717) is 52.6 Å². The summed E-state index contributed by atoms with van der Waals surface area (Å²) in [6.07, 6.45) is -0.375. The number of rotatable bonds is 3. The van der Waals surface area contributed by atoms with Crippen LogP contribution in [0.25, 0.3) is 33.3 Å². The van der Waals surface area contributed by atoms with Crippen molar-refractivity contribution in [3.8, 4) is 22.8 Å². The van der Waals surface area contributed by atoms with Gasteiger partial charge in [0.2, 0.25) is 0 Å². The van der Waals surface area contributed by atoms with Gasteiger partial charge in [-0.3, -0.25) is 4.79 Å². The van der Waals surface area contributed by atoms with E-state index in [1.54, 1.807) is 42.5 Å². The molecule has 0 saturated carbocycles. The van der Waals surface area contributed by atoms with E-state index in [9.17, 15) is 14.7 Å². The summed E-state index contributed by atoms with van der Waals surface area (Å²) in [5.74, 6) is 0.380. The first kappa shape index (κ1) is 16.4. The van der Waals surface area contributed by atoms with Gasteiger partial charge in [-0.05, 0) is 30.3 Å². The van der Waals surface area contributed by atoms with E-state index >= 15 is 0 Å². The molecule has 0 fully saturated rings. The predicted octanol–water partition coefficient (Wildman–Crippen LogP) is 3.60. The number of aliphatic carboxylic acids is 1. The molecule has 1 aliphatic rings. The molecule has 140 valence electrons. The van der Waals surface area contributed by atoms with E-state index in [-0.39, 0.29) is 17.4 Å². The van der Waals surface area contributed by atoms with Gasteiger partial charge in [-0.2, -0.15) is 0 Å². The largest absolute Gasteiger partial charge is 0.486 e. The molecular formula is C21H14O7. The van der Waals surface area contributed by atoms with Crippen molar-refractivity contribution >= 4 is 27.9 Å². The third kappa shape index (κ3) is 2.51. The second-order valence-corrected chi connectivity index (χ2v) is 6.43. The van der Waals surface area contributed by atoms with Crippen molar-refractivity contribution in [2.75, 3.05) is 13.2 Å². The van der Waals surface area contributed by atoms with Crippen molar-refractivity contribution in [3.05, 3.63) is 58.4 Å². The molecule has 0 aliphatic carbocycles. The molecule has 0 bridgehead atoms. The van der Waals surface area contributed by atoms with Crippen LogP contribution in [0, 0.1) is 0 Å². The van der Waals surface area contributed by atoms with E-state index < -0.39 is 11.6 Å². The van der Waals surface area contributed by atoms with Crippen molar-refractivity contribution in [2.24, 2.45) is 0 Å². The number of carboxylic acids is 1. The normalized spacial score (nSPS) is 13.1. The first-order valence-corrected chi connectivity index (χ1v) is 8.71. The van der Waals surface area contributed by atoms with Crippen LogP contribution in [0.4, 0.5) is 0 Å². The molecule has 0 unspecified atom stereocenters. The lowest BCUT2D eigenvalue weighted by Crippen LogP contribution is -2.15. The molecule has 0 spiro atoms. The van der Waals surface area contributed by atoms with Gasteiger partial charge in [-0.15, -0.1) is 0 Å². The molecule has 0 atom stereocenters. The standard InChI is InChI=1S/C21H14O7/c22-17(23)10-13-18-20(12-3-1-2-4-14(12)27-21(18)24)28-19(13)11-5-6-15-16(9-11)26-8-7-25-15/h1-6,9H,7-8,10H2,(H,22,23). The molecule has 5 rings (SSSR count). The maximum absolute atomic E-state index is 12.6. The highest BCUT2D eigenvalue weighted by Crippen LogP contribution is 2.40. The van der Waals surface area contributed by atoms with Gasteiger partial charge in [-0.25, -0.2) is 4.79 Å². The van der Waals surface area contributed by atoms with Gasteiger partial charge in [0, 0.05) is 11.1 Å². The van der Waals surface area contributed by atoms with Gasteiger partial charge < -0.3 is 23.4 Å². The Balaban J connectivity index is 1.83. The summed E-state index contributed by atoms with van der Waals surface area (Å²) >= 11 is 0. The van der Waals surface area contributed by atoms with E-state index in [0.717, 1.165) is 0 Å². The molecule has 28 heavy (non-hydrogen) atoms. The lowest BCUT2D eigenvalue weighted by Gasteiger charge is -2.18. The Morgan fingerprint density at radius 1 is 1.00 bits per heavy atom. The molecule has 1 aliphatic heterocycles. The summed E-state index contributed by atoms with van der Waals surface area (Å²) in [6.45, 7) is 0.890. The van der Waals surface area contributed by atoms with Crippen molar-refractivity contribution < 1.29 is 28.2 Å². The Morgan fingerprint density at radius 3 is 2.61 bits per heavy atom.